The van der Waals surface area contributed by atoms with Gasteiger partial charge in [-0.25, -0.2) is 13.1 Å². The molecular formula is C21H20N2O4S. The molecule has 0 heterocycles. The first kappa shape index (κ1) is 19.6. The Hall–Kier alpha value is -3.16. The first-order chi connectivity index (χ1) is 13.5. The number of rotatable bonds is 7. The van der Waals surface area contributed by atoms with E-state index in [1.807, 2.05) is 30.3 Å². The molecule has 0 fully saturated rings. The molecule has 6 nitrogen and oxygen atoms in total. The summed E-state index contributed by atoms with van der Waals surface area (Å²) in [4.78, 5) is 12.5. The molecule has 0 saturated heterocycles. The molecule has 0 unspecified atom stereocenters. The minimum atomic E-state index is -3.67. The van der Waals surface area contributed by atoms with Crippen molar-refractivity contribution >= 4 is 21.6 Å². The van der Waals surface area contributed by atoms with Crippen molar-refractivity contribution in [3.8, 4) is 5.75 Å². The average molecular weight is 396 g/mol. The summed E-state index contributed by atoms with van der Waals surface area (Å²) >= 11 is 0. The average Bonchev–Trinajstić information content (AvgIpc) is 2.73. The Morgan fingerprint density at radius 2 is 1.64 bits per heavy atom. The SMILES string of the molecule is COc1cccc(NC(=O)c2ccc(S(=O)(=O)NCc3ccccc3)cc2)c1. The van der Waals surface area contributed by atoms with E-state index < -0.39 is 10.0 Å². The van der Waals surface area contributed by atoms with Crippen molar-refractivity contribution in [2.75, 3.05) is 12.4 Å². The van der Waals surface area contributed by atoms with Crippen LogP contribution in [-0.4, -0.2) is 21.4 Å². The highest BCUT2D eigenvalue weighted by atomic mass is 32.2. The summed E-state index contributed by atoms with van der Waals surface area (Å²) in [6.07, 6.45) is 0. The number of benzene rings is 3. The van der Waals surface area contributed by atoms with E-state index >= 15 is 0 Å². The van der Waals surface area contributed by atoms with Crippen LogP contribution in [0.4, 0.5) is 5.69 Å². The van der Waals surface area contributed by atoms with Crippen LogP contribution in [0.1, 0.15) is 15.9 Å². The van der Waals surface area contributed by atoms with Gasteiger partial charge in [-0.1, -0.05) is 36.4 Å². The molecule has 0 aromatic heterocycles. The third-order valence-electron chi connectivity index (χ3n) is 4.06. The molecule has 7 heteroatoms. The fourth-order valence-electron chi connectivity index (χ4n) is 2.55. The molecule has 3 aromatic carbocycles. The van der Waals surface area contributed by atoms with Gasteiger partial charge in [0.15, 0.2) is 0 Å². The molecule has 0 atom stereocenters. The predicted octanol–water partition coefficient (Wildman–Crippen LogP) is 3.43. The van der Waals surface area contributed by atoms with Gasteiger partial charge in [0.2, 0.25) is 10.0 Å². The van der Waals surface area contributed by atoms with Gasteiger partial charge in [-0.3, -0.25) is 4.79 Å². The summed E-state index contributed by atoms with van der Waals surface area (Å²) in [5.41, 5.74) is 1.80. The molecule has 3 rings (SSSR count). The van der Waals surface area contributed by atoms with Gasteiger partial charge in [0.25, 0.3) is 5.91 Å². The van der Waals surface area contributed by atoms with Gasteiger partial charge in [-0.2, -0.15) is 0 Å². The topological polar surface area (TPSA) is 84.5 Å². The third kappa shape index (κ3) is 4.97. The molecule has 28 heavy (non-hydrogen) atoms. The van der Waals surface area contributed by atoms with Crippen LogP contribution in [0.5, 0.6) is 5.75 Å². The number of hydrogen-bond acceptors (Lipinski definition) is 4. The van der Waals surface area contributed by atoms with Crippen LogP contribution in [-0.2, 0) is 16.6 Å². The van der Waals surface area contributed by atoms with E-state index in [1.54, 1.807) is 31.4 Å². The van der Waals surface area contributed by atoms with Gasteiger partial charge in [-0.05, 0) is 42.0 Å². The number of ether oxygens (including phenoxy) is 1. The number of methoxy groups -OCH3 is 1. The molecule has 1 amide bonds. The highest BCUT2D eigenvalue weighted by Crippen LogP contribution is 2.18. The minimum Gasteiger partial charge on any atom is -0.497 e. The van der Waals surface area contributed by atoms with E-state index in [-0.39, 0.29) is 17.3 Å². The number of sulfonamides is 1. The maximum absolute atomic E-state index is 12.4. The zero-order valence-corrected chi connectivity index (χ0v) is 16.1. The lowest BCUT2D eigenvalue weighted by molar-refractivity contribution is 0.102. The maximum atomic E-state index is 12.4. The number of anilines is 1. The second-order valence-corrected chi connectivity index (χ2v) is 7.79. The van der Waals surface area contributed by atoms with Gasteiger partial charge in [0.1, 0.15) is 5.75 Å². The van der Waals surface area contributed by atoms with Gasteiger partial charge >= 0.3 is 0 Å². The van der Waals surface area contributed by atoms with Crippen LogP contribution >= 0.6 is 0 Å². The monoisotopic (exact) mass is 396 g/mol. The lowest BCUT2D eigenvalue weighted by atomic mass is 10.2. The molecule has 0 radical (unpaired) electrons. The van der Waals surface area contributed by atoms with Crippen LogP contribution in [0.15, 0.2) is 83.8 Å². The molecule has 0 saturated carbocycles. The highest BCUT2D eigenvalue weighted by Gasteiger charge is 2.15. The molecule has 0 aliphatic heterocycles. The van der Waals surface area contributed by atoms with Crippen molar-refractivity contribution in [1.82, 2.24) is 4.72 Å². The molecule has 0 bridgehead atoms. The molecule has 0 aliphatic carbocycles. The van der Waals surface area contributed by atoms with Crippen LogP contribution in [0, 0.1) is 0 Å². The summed E-state index contributed by atoms with van der Waals surface area (Å²) in [6.45, 7) is 0.196. The van der Waals surface area contributed by atoms with Crippen molar-refractivity contribution in [3.05, 3.63) is 90.0 Å². The van der Waals surface area contributed by atoms with Crippen LogP contribution in [0.3, 0.4) is 0 Å². The molecule has 0 spiro atoms. The Morgan fingerprint density at radius 3 is 2.32 bits per heavy atom. The number of carbonyl (C=O) groups is 1. The van der Waals surface area contributed by atoms with Crippen molar-refractivity contribution < 1.29 is 17.9 Å². The van der Waals surface area contributed by atoms with Crippen molar-refractivity contribution in [2.24, 2.45) is 0 Å². The minimum absolute atomic E-state index is 0.0985. The lowest BCUT2D eigenvalue weighted by Gasteiger charge is -2.09. The summed E-state index contributed by atoms with van der Waals surface area (Å²) in [6, 6.07) is 22.0. The quantitative estimate of drug-likeness (QED) is 0.641. The van der Waals surface area contributed by atoms with E-state index in [9.17, 15) is 13.2 Å². The molecule has 144 valence electrons. The largest absolute Gasteiger partial charge is 0.497 e. The summed E-state index contributed by atoms with van der Waals surface area (Å²) < 4.78 is 32.5. The van der Waals surface area contributed by atoms with E-state index in [1.165, 1.54) is 24.3 Å². The number of nitrogens with one attached hydrogen (secondary N) is 2. The van der Waals surface area contributed by atoms with Gasteiger partial charge in [0.05, 0.1) is 12.0 Å². The van der Waals surface area contributed by atoms with E-state index in [0.717, 1.165) is 5.56 Å². The van der Waals surface area contributed by atoms with E-state index in [0.29, 0.717) is 17.0 Å². The second kappa shape index (κ2) is 8.69. The number of amides is 1. The maximum Gasteiger partial charge on any atom is 0.255 e. The van der Waals surface area contributed by atoms with E-state index in [2.05, 4.69) is 10.0 Å². The summed E-state index contributed by atoms with van der Waals surface area (Å²) in [7, 11) is -2.12. The lowest BCUT2D eigenvalue weighted by Crippen LogP contribution is -2.23. The summed E-state index contributed by atoms with van der Waals surface area (Å²) in [5, 5.41) is 2.75. The Labute approximate surface area is 164 Å². The first-order valence-corrected chi connectivity index (χ1v) is 10.1. The second-order valence-electron chi connectivity index (χ2n) is 6.02. The van der Waals surface area contributed by atoms with Crippen LogP contribution in [0.2, 0.25) is 0 Å². The standard InChI is InChI=1S/C21H20N2O4S/c1-27-19-9-5-8-18(14-19)23-21(24)17-10-12-20(13-11-17)28(25,26)22-15-16-6-3-2-4-7-16/h2-14,22H,15H2,1H3,(H,23,24). The normalized spacial score (nSPS) is 11.0. The Bertz CT molecular complexity index is 1050. The zero-order valence-electron chi connectivity index (χ0n) is 15.3. The van der Waals surface area contributed by atoms with Gasteiger partial charge in [0, 0.05) is 23.9 Å². The van der Waals surface area contributed by atoms with E-state index in [4.69, 9.17) is 4.74 Å². The fourth-order valence-corrected chi connectivity index (χ4v) is 3.56. The van der Waals surface area contributed by atoms with Crippen LogP contribution < -0.4 is 14.8 Å². The molecule has 0 aliphatic rings. The molecule has 3 aromatic rings. The Balaban J connectivity index is 1.67. The smallest absolute Gasteiger partial charge is 0.255 e. The van der Waals surface area contributed by atoms with Crippen molar-refractivity contribution in [2.45, 2.75) is 11.4 Å². The van der Waals surface area contributed by atoms with Crippen LogP contribution in [0.25, 0.3) is 0 Å². The predicted molar refractivity (Wildman–Crippen MR) is 108 cm³/mol. The Kier molecular flexibility index (Phi) is 6.08. The van der Waals surface area contributed by atoms with Crippen molar-refractivity contribution in [3.63, 3.8) is 0 Å². The number of hydrogen-bond donors (Lipinski definition) is 2. The third-order valence-corrected chi connectivity index (χ3v) is 5.48. The van der Waals surface area contributed by atoms with Crippen molar-refractivity contribution in [1.29, 1.82) is 0 Å². The fraction of sp³-hybridized carbons (Fsp3) is 0.0952. The number of carbonyl (C=O) groups excluding carboxylic acids is 1. The molecule has 2 N–H and O–H groups in total. The Morgan fingerprint density at radius 1 is 0.929 bits per heavy atom. The summed E-state index contributed by atoms with van der Waals surface area (Å²) in [5.74, 6) is 0.290. The zero-order chi connectivity index (χ0) is 20.0. The van der Waals surface area contributed by atoms with Gasteiger partial charge < -0.3 is 10.1 Å². The first-order valence-electron chi connectivity index (χ1n) is 8.57. The highest BCUT2D eigenvalue weighted by molar-refractivity contribution is 7.89. The van der Waals surface area contributed by atoms with Gasteiger partial charge in [-0.15, -0.1) is 0 Å². The molecular weight excluding hydrogens is 376 g/mol.